The molecule has 2 aromatic rings. The highest BCUT2D eigenvalue weighted by molar-refractivity contribution is 5.59. The van der Waals surface area contributed by atoms with Crippen LogP contribution < -0.4 is 5.73 Å². The maximum atomic E-state index is 5.83. The number of H-pyrrole nitrogens is 1. The van der Waals surface area contributed by atoms with Crippen LogP contribution in [0, 0.1) is 6.92 Å². The van der Waals surface area contributed by atoms with E-state index in [9.17, 15) is 0 Å². The highest BCUT2D eigenvalue weighted by atomic mass is 16.5. The van der Waals surface area contributed by atoms with E-state index >= 15 is 0 Å². The first kappa shape index (κ1) is 11.4. The number of nitrogens with zero attached hydrogens (tertiary/aromatic N) is 1. The fourth-order valence-corrected chi connectivity index (χ4v) is 2.25. The molecule has 2 heterocycles. The zero-order chi connectivity index (χ0) is 12.6. The van der Waals surface area contributed by atoms with Gasteiger partial charge >= 0.3 is 0 Å². The van der Waals surface area contributed by atoms with E-state index in [1.165, 1.54) is 5.56 Å². The fraction of sp³-hybridized carbons (Fsp3) is 0.357. The smallest absolute Gasteiger partial charge is 0.118 e. The molecule has 0 bridgehead atoms. The summed E-state index contributed by atoms with van der Waals surface area (Å²) in [5.74, 6) is 0.938. The molecule has 0 atom stereocenters. The first-order valence-electron chi connectivity index (χ1n) is 6.14. The highest BCUT2D eigenvalue weighted by Gasteiger charge is 2.41. The standard InChI is InChI=1S/C14H17N3O/c1-10-3-2-4-11(5-10)12-6-16-13(17-12)14(7-15)8-18-9-14/h2-6H,7-9,15H2,1H3,(H,16,17). The molecule has 0 aliphatic carbocycles. The van der Waals surface area contributed by atoms with Gasteiger partial charge in [-0.1, -0.05) is 23.8 Å². The van der Waals surface area contributed by atoms with Gasteiger partial charge in [-0.05, 0) is 18.6 Å². The molecule has 94 valence electrons. The van der Waals surface area contributed by atoms with Crippen LogP contribution in [0.2, 0.25) is 0 Å². The number of nitrogens with two attached hydrogens (primary N) is 1. The Morgan fingerprint density at radius 1 is 1.44 bits per heavy atom. The van der Waals surface area contributed by atoms with Crippen LogP contribution in [-0.4, -0.2) is 29.7 Å². The lowest BCUT2D eigenvalue weighted by Gasteiger charge is -2.38. The Labute approximate surface area is 106 Å². The van der Waals surface area contributed by atoms with Crippen LogP contribution in [0.1, 0.15) is 11.4 Å². The third kappa shape index (κ3) is 1.74. The molecule has 3 N–H and O–H groups in total. The predicted octanol–water partition coefficient (Wildman–Crippen LogP) is 1.61. The molecule has 1 fully saturated rings. The van der Waals surface area contributed by atoms with Crippen molar-refractivity contribution in [3.05, 3.63) is 41.9 Å². The van der Waals surface area contributed by atoms with Gasteiger partial charge in [-0.2, -0.15) is 0 Å². The Hall–Kier alpha value is -1.65. The average molecular weight is 243 g/mol. The van der Waals surface area contributed by atoms with Crippen molar-refractivity contribution in [2.75, 3.05) is 19.8 Å². The van der Waals surface area contributed by atoms with E-state index in [2.05, 4.69) is 41.2 Å². The van der Waals surface area contributed by atoms with Crippen molar-refractivity contribution in [3.8, 4) is 11.3 Å². The van der Waals surface area contributed by atoms with Gasteiger partial charge < -0.3 is 15.5 Å². The summed E-state index contributed by atoms with van der Waals surface area (Å²) in [6.45, 7) is 3.96. The number of benzene rings is 1. The molecule has 4 heteroatoms. The minimum Gasteiger partial charge on any atom is -0.379 e. The molecule has 1 aliphatic heterocycles. The Kier molecular flexibility index (Phi) is 2.69. The quantitative estimate of drug-likeness (QED) is 0.861. The summed E-state index contributed by atoms with van der Waals surface area (Å²) in [5, 5.41) is 0. The molecular weight excluding hydrogens is 226 g/mol. The monoisotopic (exact) mass is 243 g/mol. The zero-order valence-electron chi connectivity index (χ0n) is 10.4. The normalized spacial score (nSPS) is 17.4. The lowest BCUT2D eigenvalue weighted by molar-refractivity contribution is -0.0589. The molecule has 0 unspecified atom stereocenters. The number of imidazole rings is 1. The Morgan fingerprint density at radius 2 is 2.28 bits per heavy atom. The summed E-state index contributed by atoms with van der Waals surface area (Å²) in [6.07, 6.45) is 1.87. The van der Waals surface area contributed by atoms with Crippen LogP contribution in [0.25, 0.3) is 11.3 Å². The third-order valence-corrected chi connectivity index (χ3v) is 3.55. The number of aromatic nitrogens is 2. The third-order valence-electron chi connectivity index (χ3n) is 3.55. The highest BCUT2D eigenvalue weighted by Crippen LogP contribution is 2.30. The maximum Gasteiger partial charge on any atom is 0.118 e. The van der Waals surface area contributed by atoms with E-state index in [-0.39, 0.29) is 5.41 Å². The number of aryl methyl sites for hydroxylation is 1. The van der Waals surface area contributed by atoms with E-state index < -0.39 is 0 Å². The molecule has 18 heavy (non-hydrogen) atoms. The second-order valence-corrected chi connectivity index (χ2v) is 4.99. The second-order valence-electron chi connectivity index (χ2n) is 4.99. The lowest BCUT2D eigenvalue weighted by atomic mass is 9.85. The van der Waals surface area contributed by atoms with E-state index in [4.69, 9.17) is 10.5 Å². The molecule has 4 nitrogen and oxygen atoms in total. The lowest BCUT2D eigenvalue weighted by Crippen LogP contribution is -2.52. The molecule has 3 rings (SSSR count). The molecule has 0 saturated carbocycles. The second kappa shape index (κ2) is 4.23. The summed E-state index contributed by atoms with van der Waals surface area (Å²) in [7, 11) is 0. The van der Waals surface area contributed by atoms with Crippen molar-refractivity contribution in [2.24, 2.45) is 5.73 Å². The SMILES string of the molecule is Cc1cccc(-c2cnc(C3(CN)COC3)[nH]2)c1. The van der Waals surface area contributed by atoms with Crippen molar-refractivity contribution in [1.29, 1.82) is 0 Å². The largest absolute Gasteiger partial charge is 0.379 e. The molecule has 1 saturated heterocycles. The summed E-state index contributed by atoms with van der Waals surface area (Å²) >= 11 is 0. The van der Waals surface area contributed by atoms with Crippen molar-refractivity contribution in [3.63, 3.8) is 0 Å². The number of hydrogen-bond acceptors (Lipinski definition) is 3. The van der Waals surface area contributed by atoms with Gasteiger partial charge in [0.2, 0.25) is 0 Å². The summed E-state index contributed by atoms with van der Waals surface area (Å²) in [5.41, 5.74) is 9.15. The molecule has 1 aliphatic rings. The van der Waals surface area contributed by atoms with Crippen molar-refractivity contribution in [1.82, 2.24) is 9.97 Å². The van der Waals surface area contributed by atoms with Crippen LogP contribution in [0.5, 0.6) is 0 Å². The fourth-order valence-electron chi connectivity index (χ4n) is 2.25. The minimum atomic E-state index is -0.109. The molecule has 1 aromatic heterocycles. The molecule has 0 spiro atoms. The number of ether oxygens (including phenoxy) is 1. The van der Waals surface area contributed by atoms with E-state index in [0.29, 0.717) is 19.8 Å². The van der Waals surface area contributed by atoms with Gasteiger partial charge in [-0.3, -0.25) is 0 Å². The molecule has 0 radical (unpaired) electrons. The number of rotatable bonds is 3. The first-order valence-corrected chi connectivity index (χ1v) is 6.14. The zero-order valence-corrected chi connectivity index (χ0v) is 10.4. The Morgan fingerprint density at radius 3 is 2.89 bits per heavy atom. The van der Waals surface area contributed by atoms with Crippen molar-refractivity contribution >= 4 is 0 Å². The topological polar surface area (TPSA) is 63.9 Å². The van der Waals surface area contributed by atoms with Gasteiger partial charge in [0.05, 0.1) is 30.5 Å². The first-order chi connectivity index (χ1) is 8.73. The van der Waals surface area contributed by atoms with Gasteiger partial charge in [-0.15, -0.1) is 0 Å². The number of hydrogen-bond donors (Lipinski definition) is 2. The number of aromatic amines is 1. The van der Waals surface area contributed by atoms with E-state index in [1.54, 1.807) is 0 Å². The molecular formula is C14H17N3O. The predicted molar refractivity (Wildman–Crippen MR) is 70.3 cm³/mol. The van der Waals surface area contributed by atoms with Gasteiger partial charge in [0, 0.05) is 6.54 Å². The molecule has 0 amide bonds. The van der Waals surface area contributed by atoms with Gasteiger partial charge in [-0.25, -0.2) is 4.98 Å². The minimum absolute atomic E-state index is 0.109. The van der Waals surface area contributed by atoms with Crippen LogP contribution in [0.15, 0.2) is 30.5 Å². The maximum absolute atomic E-state index is 5.83. The van der Waals surface area contributed by atoms with Crippen LogP contribution in [0.4, 0.5) is 0 Å². The van der Waals surface area contributed by atoms with Crippen LogP contribution in [-0.2, 0) is 10.2 Å². The van der Waals surface area contributed by atoms with Crippen LogP contribution >= 0.6 is 0 Å². The molecule has 1 aromatic carbocycles. The number of nitrogens with one attached hydrogen (secondary N) is 1. The van der Waals surface area contributed by atoms with Gasteiger partial charge in [0.25, 0.3) is 0 Å². The summed E-state index contributed by atoms with van der Waals surface area (Å²) < 4.78 is 5.28. The summed E-state index contributed by atoms with van der Waals surface area (Å²) in [6, 6.07) is 8.36. The van der Waals surface area contributed by atoms with Crippen LogP contribution in [0.3, 0.4) is 0 Å². The van der Waals surface area contributed by atoms with Gasteiger partial charge in [0.1, 0.15) is 5.82 Å². The average Bonchev–Trinajstić information content (AvgIpc) is 2.78. The van der Waals surface area contributed by atoms with Crippen molar-refractivity contribution in [2.45, 2.75) is 12.3 Å². The Balaban J connectivity index is 1.94. The van der Waals surface area contributed by atoms with E-state index in [1.807, 2.05) is 6.20 Å². The Bertz CT molecular complexity index is 552. The van der Waals surface area contributed by atoms with Gasteiger partial charge in [0.15, 0.2) is 0 Å². The summed E-state index contributed by atoms with van der Waals surface area (Å²) in [4.78, 5) is 7.85. The van der Waals surface area contributed by atoms with Crippen molar-refractivity contribution < 1.29 is 4.74 Å². The van der Waals surface area contributed by atoms with E-state index in [0.717, 1.165) is 17.1 Å².